The lowest BCUT2D eigenvalue weighted by atomic mass is 10.1. The standard InChI is InChI=1S/C18H27N5O2S.HI/c1-5-19-18(20-9-8-16-12-22-23(3)13-16)21-11-15-6-7-17(14(2)10-15)26(4,24)25;/h6-7,10,12-13H,5,8-9,11H2,1-4H3,(H2,19,20,21);1H. The zero-order chi connectivity index (χ0) is 19.2. The van der Waals surface area contributed by atoms with Crippen LogP contribution in [-0.2, 0) is 29.9 Å². The van der Waals surface area contributed by atoms with Gasteiger partial charge in [-0.1, -0.05) is 12.1 Å². The summed E-state index contributed by atoms with van der Waals surface area (Å²) < 4.78 is 25.2. The van der Waals surface area contributed by atoms with Gasteiger partial charge in [-0.25, -0.2) is 13.4 Å². The number of halogens is 1. The molecule has 0 spiro atoms. The summed E-state index contributed by atoms with van der Waals surface area (Å²) in [5, 5.41) is 10.7. The fourth-order valence-electron chi connectivity index (χ4n) is 2.66. The molecule has 0 aliphatic heterocycles. The van der Waals surface area contributed by atoms with Gasteiger partial charge in [0.1, 0.15) is 0 Å². The summed E-state index contributed by atoms with van der Waals surface area (Å²) in [6.45, 7) is 5.83. The fraction of sp³-hybridized carbons (Fsp3) is 0.444. The Balaban J connectivity index is 0.00000364. The van der Waals surface area contributed by atoms with Gasteiger partial charge in [-0.05, 0) is 43.0 Å². The number of nitrogens with zero attached hydrogens (tertiary/aromatic N) is 3. The van der Waals surface area contributed by atoms with Crippen molar-refractivity contribution >= 4 is 39.8 Å². The number of aromatic nitrogens is 2. The first-order valence-electron chi connectivity index (χ1n) is 8.59. The maximum Gasteiger partial charge on any atom is 0.191 e. The Morgan fingerprint density at radius 2 is 2.00 bits per heavy atom. The van der Waals surface area contributed by atoms with E-state index in [1.807, 2.05) is 38.5 Å². The molecule has 0 unspecified atom stereocenters. The van der Waals surface area contributed by atoms with Gasteiger partial charge in [-0.15, -0.1) is 24.0 Å². The van der Waals surface area contributed by atoms with Crippen molar-refractivity contribution in [1.29, 1.82) is 0 Å². The monoisotopic (exact) mass is 505 g/mol. The normalized spacial score (nSPS) is 11.8. The lowest BCUT2D eigenvalue weighted by molar-refractivity contribution is 0.601. The highest BCUT2D eigenvalue weighted by Crippen LogP contribution is 2.17. The predicted molar refractivity (Wildman–Crippen MR) is 119 cm³/mol. The van der Waals surface area contributed by atoms with Crippen molar-refractivity contribution in [3.05, 3.63) is 47.3 Å². The molecule has 2 N–H and O–H groups in total. The van der Waals surface area contributed by atoms with Gasteiger partial charge in [0.05, 0.1) is 17.6 Å². The van der Waals surface area contributed by atoms with E-state index in [4.69, 9.17) is 0 Å². The molecule has 150 valence electrons. The van der Waals surface area contributed by atoms with Crippen molar-refractivity contribution in [1.82, 2.24) is 20.4 Å². The Bertz CT molecular complexity index is 878. The number of aliphatic imine (C=N–C) groups is 1. The van der Waals surface area contributed by atoms with Gasteiger partial charge in [0.2, 0.25) is 0 Å². The van der Waals surface area contributed by atoms with E-state index in [9.17, 15) is 8.42 Å². The number of sulfone groups is 1. The van der Waals surface area contributed by atoms with Gasteiger partial charge in [0, 0.05) is 32.6 Å². The number of rotatable bonds is 7. The molecule has 0 atom stereocenters. The van der Waals surface area contributed by atoms with Crippen LogP contribution in [0.3, 0.4) is 0 Å². The van der Waals surface area contributed by atoms with Crippen LogP contribution in [0.25, 0.3) is 0 Å². The van der Waals surface area contributed by atoms with E-state index in [0.717, 1.165) is 36.6 Å². The SMILES string of the molecule is CCNC(=NCc1ccc(S(C)(=O)=O)c(C)c1)NCCc1cnn(C)c1.I. The summed E-state index contributed by atoms with van der Waals surface area (Å²) >= 11 is 0. The van der Waals surface area contributed by atoms with Crippen LogP contribution in [0.4, 0.5) is 0 Å². The third-order valence-corrected chi connectivity index (χ3v) is 5.12. The molecule has 0 saturated carbocycles. The first kappa shape index (κ1) is 23.4. The number of hydrogen-bond acceptors (Lipinski definition) is 4. The predicted octanol–water partition coefficient (Wildman–Crippen LogP) is 2.05. The molecule has 0 aliphatic rings. The second-order valence-corrected chi connectivity index (χ2v) is 8.25. The highest BCUT2D eigenvalue weighted by Gasteiger charge is 2.10. The zero-order valence-corrected chi connectivity index (χ0v) is 19.3. The molecule has 2 rings (SSSR count). The molecule has 0 bridgehead atoms. The molecule has 1 heterocycles. The minimum Gasteiger partial charge on any atom is -0.357 e. The molecule has 27 heavy (non-hydrogen) atoms. The van der Waals surface area contributed by atoms with Crippen LogP contribution in [-0.4, -0.2) is 43.5 Å². The van der Waals surface area contributed by atoms with Crippen LogP contribution in [0.2, 0.25) is 0 Å². The van der Waals surface area contributed by atoms with Crippen LogP contribution in [0.5, 0.6) is 0 Å². The van der Waals surface area contributed by atoms with Crippen molar-refractivity contribution < 1.29 is 8.42 Å². The fourth-order valence-corrected chi connectivity index (χ4v) is 3.62. The first-order chi connectivity index (χ1) is 12.3. The topological polar surface area (TPSA) is 88.4 Å². The average molecular weight is 505 g/mol. The largest absolute Gasteiger partial charge is 0.357 e. The molecule has 0 radical (unpaired) electrons. The third kappa shape index (κ3) is 7.49. The van der Waals surface area contributed by atoms with Crippen molar-refractivity contribution in [3.8, 4) is 0 Å². The van der Waals surface area contributed by atoms with Crippen molar-refractivity contribution in [3.63, 3.8) is 0 Å². The Labute approximate surface area is 178 Å². The number of aryl methyl sites for hydroxylation is 2. The van der Waals surface area contributed by atoms with Gasteiger partial charge >= 0.3 is 0 Å². The molecular formula is C18H28IN5O2S. The highest BCUT2D eigenvalue weighted by molar-refractivity contribution is 14.0. The van der Waals surface area contributed by atoms with Gasteiger partial charge in [0.15, 0.2) is 15.8 Å². The molecule has 2 aromatic rings. The van der Waals surface area contributed by atoms with E-state index in [-0.39, 0.29) is 24.0 Å². The molecule has 0 saturated heterocycles. The number of benzene rings is 1. The van der Waals surface area contributed by atoms with E-state index in [0.29, 0.717) is 11.4 Å². The molecule has 1 aromatic carbocycles. The lowest BCUT2D eigenvalue weighted by Gasteiger charge is -2.11. The van der Waals surface area contributed by atoms with Crippen LogP contribution in [0.15, 0.2) is 40.5 Å². The van der Waals surface area contributed by atoms with Gasteiger partial charge < -0.3 is 10.6 Å². The Morgan fingerprint density at radius 1 is 1.26 bits per heavy atom. The van der Waals surface area contributed by atoms with Gasteiger partial charge in [-0.2, -0.15) is 5.10 Å². The molecule has 1 aromatic heterocycles. The molecule has 9 heteroatoms. The maximum atomic E-state index is 11.7. The van der Waals surface area contributed by atoms with E-state index < -0.39 is 9.84 Å². The second-order valence-electron chi connectivity index (χ2n) is 6.27. The number of nitrogens with one attached hydrogen (secondary N) is 2. The van der Waals surface area contributed by atoms with Crippen molar-refractivity contribution in [2.24, 2.45) is 12.0 Å². The van der Waals surface area contributed by atoms with E-state index >= 15 is 0 Å². The summed E-state index contributed by atoms with van der Waals surface area (Å²) in [7, 11) is -1.29. The third-order valence-electron chi connectivity index (χ3n) is 3.87. The number of hydrogen-bond donors (Lipinski definition) is 2. The van der Waals surface area contributed by atoms with Crippen LogP contribution < -0.4 is 10.6 Å². The van der Waals surface area contributed by atoms with E-state index in [1.165, 1.54) is 11.8 Å². The van der Waals surface area contributed by atoms with Crippen molar-refractivity contribution in [2.75, 3.05) is 19.3 Å². The van der Waals surface area contributed by atoms with Crippen molar-refractivity contribution in [2.45, 2.75) is 31.7 Å². The highest BCUT2D eigenvalue weighted by atomic mass is 127. The Kier molecular flexibility index (Phi) is 9.23. The minimum atomic E-state index is -3.19. The first-order valence-corrected chi connectivity index (χ1v) is 10.5. The second kappa shape index (κ2) is 10.6. The summed E-state index contributed by atoms with van der Waals surface area (Å²) in [6, 6.07) is 5.34. The van der Waals surface area contributed by atoms with Crippen LogP contribution >= 0.6 is 24.0 Å². The molecule has 0 aliphatic carbocycles. The molecule has 7 nitrogen and oxygen atoms in total. The van der Waals surface area contributed by atoms with Crippen LogP contribution in [0, 0.1) is 6.92 Å². The summed E-state index contributed by atoms with van der Waals surface area (Å²) in [6.07, 6.45) is 5.94. The van der Waals surface area contributed by atoms with E-state index in [1.54, 1.807) is 17.7 Å². The summed E-state index contributed by atoms with van der Waals surface area (Å²) in [4.78, 5) is 4.94. The molecule has 0 fully saturated rings. The quantitative estimate of drug-likeness (QED) is 0.342. The summed E-state index contributed by atoms with van der Waals surface area (Å²) in [5.74, 6) is 0.737. The Morgan fingerprint density at radius 3 is 2.56 bits per heavy atom. The average Bonchev–Trinajstić information content (AvgIpc) is 2.97. The minimum absolute atomic E-state index is 0. The Hall–Kier alpha value is -1.62. The lowest BCUT2D eigenvalue weighted by Crippen LogP contribution is -2.38. The zero-order valence-electron chi connectivity index (χ0n) is 16.2. The van der Waals surface area contributed by atoms with Gasteiger partial charge in [0.25, 0.3) is 0 Å². The van der Waals surface area contributed by atoms with Crippen LogP contribution in [0.1, 0.15) is 23.6 Å². The molecular weight excluding hydrogens is 477 g/mol. The maximum absolute atomic E-state index is 11.7. The smallest absolute Gasteiger partial charge is 0.191 e. The van der Waals surface area contributed by atoms with Gasteiger partial charge in [-0.3, -0.25) is 4.68 Å². The molecule has 0 amide bonds. The summed E-state index contributed by atoms with van der Waals surface area (Å²) in [5.41, 5.74) is 2.89. The number of guanidine groups is 1. The van der Waals surface area contributed by atoms with E-state index in [2.05, 4.69) is 20.7 Å².